The second kappa shape index (κ2) is 9.21. The van der Waals surface area contributed by atoms with E-state index in [-0.39, 0.29) is 22.8 Å². The van der Waals surface area contributed by atoms with Gasteiger partial charge in [0.25, 0.3) is 5.91 Å². The van der Waals surface area contributed by atoms with Crippen molar-refractivity contribution in [2.24, 2.45) is 0 Å². The minimum atomic E-state index is -3.33. The molecule has 3 heterocycles. The quantitative estimate of drug-likeness (QED) is 0.351. The van der Waals surface area contributed by atoms with Crippen molar-refractivity contribution in [3.05, 3.63) is 63.5 Å². The number of H-pyrrole nitrogens is 1. The van der Waals surface area contributed by atoms with E-state index in [2.05, 4.69) is 25.6 Å². The van der Waals surface area contributed by atoms with E-state index in [0.717, 1.165) is 6.26 Å². The van der Waals surface area contributed by atoms with Gasteiger partial charge in [0.15, 0.2) is 20.1 Å². The Bertz CT molecular complexity index is 1500. The summed E-state index contributed by atoms with van der Waals surface area (Å²) in [6.45, 7) is 0. The summed E-state index contributed by atoms with van der Waals surface area (Å²) >= 11 is 2.43. The molecular formula is C20H17N5O5S3. The Balaban J connectivity index is 1.33. The molecule has 0 spiro atoms. The number of thiazole rings is 2. The lowest BCUT2D eigenvalue weighted by atomic mass is 10.2. The summed E-state index contributed by atoms with van der Waals surface area (Å²) < 4.78 is 24.1. The maximum atomic E-state index is 12.3. The number of carbonyl (C=O) groups is 2. The van der Waals surface area contributed by atoms with E-state index in [0.29, 0.717) is 38.2 Å². The monoisotopic (exact) mass is 503 g/mol. The summed E-state index contributed by atoms with van der Waals surface area (Å²) in [5.74, 6) is -0.663. The van der Waals surface area contributed by atoms with Gasteiger partial charge in [0.2, 0.25) is 11.5 Å². The van der Waals surface area contributed by atoms with Crippen molar-refractivity contribution in [2.75, 3.05) is 16.9 Å². The molecule has 0 fully saturated rings. The molecule has 3 aromatic heterocycles. The second-order valence-corrected chi connectivity index (χ2v) is 10.9. The number of fused-ring (bicyclic) bond motifs is 1. The largest absolute Gasteiger partial charge is 0.328 e. The minimum Gasteiger partial charge on any atom is -0.328 e. The average molecular weight is 504 g/mol. The Morgan fingerprint density at radius 2 is 1.91 bits per heavy atom. The molecule has 13 heteroatoms. The standard InChI is InChI=1S/C20H17N5O5S3/c1-33(29,30)13-4-5-14-15(8-13)32-20(23-14)24-17(27)7-3-12-10-31-19(22-12)25-18(28)11-2-6-16(26)21-9-11/h2,4-6,8-10H,3,7H2,1H3,(H,21,26)(H,22,25,28)(H,23,24,27). The van der Waals surface area contributed by atoms with E-state index in [4.69, 9.17) is 0 Å². The molecule has 0 atom stereocenters. The van der Waals surface area contributed by atoms with Gasteiger partial charge in [0, 0.05) is 30.3 Å². The Morgan fingerprint density at radius 1 is 1.09 bits per heavy atom. The fourth-order valence-electron chi connectivity index (χ4n) is 2.81. The van der Waals surface area contributed by atoms with Gasteiger partial charge < -0.3 is 10.3 Å². The van der Waals surface area contributed by atoms with E-state index in [9.17, 15) is 22.8 Å². The van der Waals surface area contributed by atoms with E-state index in [1.807, 2.05) is 0 Å². The summed E-state index contributed by atoms with van der Waals surface area (Å²) in [6, 6.07) is 7.30. The SMILES string of the molecule is CS(=O)(=O)c1ccc2nc(NC(=O)CCc3csc(NC(=O)c4ccc(=O)[nH]c4)n3)sc2c1. The third-order valence-electron chi connectivity index (χ3n) is 4.46. The van der Waals surface area contributed by atoms with Gasteiger partial charge in [-0.05, 0) is 30.7 Å². The van der Waals surface area contributed by atoms with Crippen LogP contribution in [0.4, 0.5) is 10.3 Å². The molecule has 0 saturated carbocycles. The lowest BCUT2D eigenvalue weighted by Crippen LogP contribution is -2.14. The summed E-state index contributed by atoms with van der Waals surface area (Å²) in [4.78, 5) is 46.8. The summed E-state index contributed by atoms with van der Waals surface area (Å²) in [5, 5.41) is 7.89. The zero-order valence-corrected chi connectivity index (χ0v) is 19.6. The molecule has 2 amide bonds. The summed E-state index contributed by atoms with van der Waals surface area (Å²) in [6.07, 6.45) is 2.97. The molecular weight excluding hydrogens is 486 g/mol. The molecule has 1 aromatic carbocycles. The van der Waals surface area contributed by atoms with Crippen LogP contribution in [0.1, 0.15) is 22.5 Å². The Labute approximate surface area is 195 Å². The number of nitrogens with one attached hydrogen (secondary N) is 3. The molecule has 0 aliphatic heterocycles. The van der Waals surface area contributed by atoms with E-state index >= 15 is 0 Å². The Kier molecular flexibility index (Phi) is 6.35. The number of aromatic nitrogens is 3. The van der Waals surface area contributed by atoms with Gasteiger partial charge in [0.1, 0.15) is 0 Å². The number of aryl methyl sites for hydroxylation is 1. The molecule has 0 saturated heterocycles. The molecule has 0 radical (unpaired) electrons. The van der Waals surface area contributed by atoms with Crippen LogP contribution >= 0.6 is 22.7 Å². The molecule has 3 N–H and O–H groups in total. The van der Waals surface area contributed by atoms with Gasteiger partial charge in [-0.2, -0.15) is 0 Å². The van der Waals surface area contributed by atoms with E-state index in [1.165, 1.54) is 53.1 Å². The molecule has 10 nitrogen and oxygen atoms in total. The number of hydrogen-bond acceptors (Lipinski definition) is 9. The number of sulfone groups is 1. The van der Waals surface area contributed by atoms with Crippen LogP contribution in [0.5, 0.6) is 0 Å². The van der Waals surface area contributed by atoms with Gasteiger partial charge >= 0.3 is 0 Å². The number of nitrogens with zero attached hydrogens (tertiary/aromatic N) is 2. The molecule has 0 aliphatic carbocycles. The van der Waals surface area contributed by atoms with Crippen LogP contribution in [-0.2, 0) is 21.1 Å². The average Bonchev–Trinajstić information content (AvgIpc) is 3.37. The number of carbonyl (C=O) groups excluding carboxylic acids is 2. The third-order valence-corrected chi connectivity index (χ3v) is 7.31. The fourth-order valence-corrected chi connectivity index (χ4v) is 5.20. The highest BCUT2D eigenvalue weighted by atomic mass is 32.2. The number of benzene rings is 1. The molecule has 0 unspecified atom stereocenters. The highest BCUT2D eigenvalue weighted by molar-refractivity contribution is 7.90. The first-order valence-corrected chi connectivity index (χ1v) is 13.1. The zero-order valence-electron chi connectivity index (χ0n) is 17.1. The number of pyridine rings is 1. The lowest BCUT2D eigenvalue weighted by molar-refractivity contribution is -0.116. The maximum absolute atomic E-state index is 12.3. The molecule has 0 aliphatic rings. The van der Waals surface area contributed by atoms with Crippen molar-refractivity contribution in [1.29, 1.82) is 0 Å². The molecule has 33 heavy (non-hydrogen) atoms. The van der Waals surface area contributed by atoms with Gasteiger partial charge in [-0.15, -0.1) is 11.3 Å². The number of rotatable bonds is 7. The van der Waals surface area contributed by atoms with Crippen LogP contribution in [0, 0.1) is 0 Å². The smallest absolute Gasteiger partial charge is 0.258 e. The van der Waals surface area contributed by atoms with Gasteiger partial charge in [0.05, 0.1) is 26.4 Å². The van der Waals surface area contributed by atoms with Crippen molar-refractivity contribution in [3.63, 3.8) is 0 Å². The van der Waals surface area contributed by atoms with Crippen molar-refractivity contribution < 1.29 is 18.0 Å². The maximum Gasteiger partial charge on any atom is 0.258 e. The predicted octanol–water partition coefficient (Wildman–Crippen LogP) is 2.67. The van der Waals surface area contributed by atoms with Crippen LogP contribution in [0.2, 0.25) is 0 Å². The van der Waals surface area contributed by atoms with Gasteiger partial charge in [-0.1, -0.05) is 11.3 Å². The number of hydrogen-bond donors (Lipinski definition) is 3. The first-order chi connectivity index (χ1) is 15.7. The highest BCUT2D eigenvalue weighted by Crippen LogP contribution is 2.28. The van der Waals surface area contributed by atoms with Crippen LogP contribution in [-0.4, -0.2) is 41.4 Å². The third kappa shape index (κ3) is 5.69. The minimum absolute atomic E-state index is 0.154. The van der Waals surface area contributed by atoms with Crippen LogP contribution < -0.4 is 16.2 Å². The van der Waals surface area contributed by atoms with Crippen molar-refractivity contribution in [1.82, 2.24) is 15.0 Å². The number of aromatic amines is 1. The van der Waals surface area contributed by atoms with Crippen LogP contribution in [0.3, 0.4) is 0 Å². The van der Waals surface area contributed by atoms with Crippen molar-refractivity contribution in [3.8, 4) is 0 Å². The number of amides is 2. The molecule has 170 valence electrons. The summed E-state index contributed by atoms with van der Waals surface area (Å²) in [5.41, 5.74) is 1.25. The Hall–Kier alpha value is -3.42. The normalized spacial score (nSPS) is 11.4. The first-order valence-electron chi connectivity index (χ1n) is 9.52. The van der Waals surface area contributed by atoms with E-state index < -0.39 is 15.7 Å². The zero-order chi connectivity index (χ0) is 23.6. The topological polar surface area (TPSA) is 151 Å². The first kappa shape index (κ1) is 22.8. The Morgan fingerprint density at radius 3 is 2.64 bits per heavy atom. The van der Waals surface area contributed by atoms with Gasteiger partial charge in [-0.3, -0.25) is 19.7 Å². The summed E-state index contributed by atoms with van der Waals surface area (Å²) in [7, 11) is -3.33. The predicted molar refractivity (Wildman–Crippen MR) is 127 cm³/mol. The van der Waals surface area contributed by atoms with E-state index in [1.54, 1.807) is 11.4 Å². The fraction of sp³-hybridized carbons (Fsp3) is 0.150. The molecule has 0 bridgehead atoms. The van der Waals surface area contributed by atoms with Crippen LogP contribution in [0.15, 0.2) is 51.6 Å². The lowest BCUT2D eigenvalue weighted by Gasteiger charge is -2.01. The number of anilines is 2. The van der Waals surface area contributed by atoms with Crippen molar-refractivity contribution in [2.45, 2.75) is 17.7 Å². The molecule has 4 aromatic rings. The van der Waals surface area contributed by atoms with Crippen molar-refractivity contribution >= 4 is 64.8 Å². The highest BCUT2D eigenvalue weighted by Gasteiger charge is 2.14. The van der Waals surface area contributed by atoms with Gasteiger partial charge in [-0.25, -0.2) is 18.4 Å². The van der Waals surface area contributed by atoms with Crippen LogP contribution in [0.25, 0.3) is 10.2 Å². The second-order valence-electron chi connectivity index (χ2n) is 7.01. The molecule has 4 rings (SSSR count).